The molecule has 3 rings (SSSR count). The van der Waals surface area contributed by atoms with Gasteiger partial charge in [0.25, 0.3) is 0 Å². The van der Waals surface area contributed by atoms with Gasteiger partial charge in [0.1, 0.15) is 0 Å². The first-order valence-corrected chi connectivity index (χ1v) is 10.3. The standard InChI is InChI=1S/C20H31NO3P2/c1-13-6-9-20(22)15(10-14(13)11-16(23-25)12-21-3)7-8-19(2)17(20)4-5-18(19)24-26/h7,10,12,16-18,22H,1,4-6,8-9,11,25-26H2,2-3H3/b21-12+/t16-,17+,18-,19-,20+/m0/s1. The van der Waals surface area contributed by atoms with Crippen LogP contribution < -0.4 is 0 Å². The van der Waals surface area contributed by atoms with E-state index in [0.717, 1.165) is 48.8 Å². The molecule has 3 aliphatic rings. The van der Waals surface area contributed by atoms with E-state index < -0.39 is 5.60 Å². The summed E-state index contributed by atoms with van der Waals surface area (Å²) in [4.78, 5) is 4.09. The van der Waals surface area contributed by atoms with Gasteiger partial charge in [0.05, 0.1) is 17.8 Å². The Morgan fingerprint density at radius 1 is 1.46 bits per heavy atom. The third-order valence-electron chi connectivity index (χ3n) is 6.75. The quantitative estimate of drug-likeness (QED) is 0.561. The fraction of sp³-hybridized carbons (Fsp3) is 0.650. The summed E-state index contributed by atoms with van der Waals surface area (Å²) in [5.41, 5.74) is 2.48. The lowest BCUT2D eigenvalue weighted by Gasteiger charge is -2.48. The van der Waals surface area contributed by atoms with Crippen LogP contribution in [0.25, 0.3) is 0 Å². The van der Waals surface area contributed by atoms with Crippen molar-refractivity contribution >= 4 is 25.1 Å². The van der Waals surface area contributed by atoms with E-state index in [0.29, 0.717) is 6.42 Å². The molecule has 4 nitrogen and oxygen atoms in total. The summed E-state index contributed by atoms with van der Waals surface area (Å²) in [7, 11) is 6.50. The lowest BCUT2D eigenvalue weighted by atomic mass is 9.60. The largest absolute Gasteiger partial charge is 0.385 e. The lowest BCUT2D eigenvalue weighted by Crippen LogP contribution is -2.50. The second-order valence-corrected chi connectivity index (χ2v) is 8.65. The van der Waals surface area contributed by atoms with Gasteiger partial charge in [-0.2, -0.15) is 0 Å². The second kappa shape index (κ2) is 7.94. The molecule has 1 N–H and O–H groups in total. The number of hydrogen-bond acceptors (Lipinski definition) is 4. The fourth-order valence-corrected chi connectivity index (χ4v) is 5.82. The molecule has 7 atom stereocenters. The first-order chi connectivity index (χ1) is 12.4. The predicted molar refractivity (Wildman–Crippen MR) is 113 cm³/mol. The van der Waals surface area contributed by atoms with Crippen LogP contribution in [0.1, 0.15) is 45.4 Å². The number of nitrogens with zero attached hydrogens (tertiary/aromatic N) is 1. The van der Waals surface area contributed by atoms with E-state index >= 15 is 0 Å². The molecule has 1 fully saturated rings. The molecule has 0 saturated heterocycles. The summed E-state index contributed by atoms with van der Waals surface area (Å²) >= 11 is 0. The lowest BCUT2D eigenvalue weighted by molar-refractivity contribution is -0.0622. The zero-order valence-electron chi connectivity index (χ0n) is 15.8. The summed E-state index contributed by atoms with van der Waals surface area (Å²) in [6.45, 7) is 6.55. The monoisotopic (exact) mass is 395 g/mol. The van der Waals surface area contributed by atoms with E-state index in [1.807, 2.05) is 6.21 Å². The van der Waals surface area contributed by atoms with Crippen LogP contribution in [-0.2, 0) is 9.05 Å². The van der Waals surface area contributed by atoms with Crippen LogP contribution in [0.2, 0.25) is 0 Å². The molecular weight excluding hydrogens is 364 g/mol. The van der Waals surface area contributed by atoms with Gasteiger partial charge < -0.3 is 14.2 Å². The van der Waals surface area contributed by atoms with Crippen molar-refractivity contribution in [2.45, 2.75) is 63.3 Å². The summed E-state index contributed by atoms with van der Waals surface area (Å²) in [5, 5.41) is 11.8. The maximum atomic E-state index is 11.8. The van der Waals surface area contributed by atoms with Crippen molar-refractivity contribution in [3.63, 3.8) is 0 Å². The molecule has 0 amide bonds. The number of hydrogen-bond donors (Lipinski definition) is 1. The van der Waals surface area contributed by atoms with Crippen molar-refractivity contribution in [3.8, 4) is 0 Å². The Morgan fingerprint density at radius 3 is 2.88 bits per heavy atom. The number of aliphatic hydroxyl groups is 1. The molecular formula is C20H31NO3P2. The number of rotatable bonds is 5. The van der Waals surface area contributed by atoms with Crippen LogP contribution in [0.5, 0.6) is 0 Å². The van der Waals surface area contributed by atoms with E-state index in [4.69, 9.17) is 9.05 Å². The van der Waals surface area contributed by atoms with Gasteiger partial charge in [0.15, 0.2) is 0 Å². The molecule has 0 aromatic heterocycles. The molecule has 0 spiro atoms. The SMILES string of the molecule is C=C1CC[C@@]2(O)C(=CC[C@]3(C)[C@@H](OP)CC[C@H]32)C=C1C[C@@H](/C=N/C)OP. The molecule has 0 radical (unpaired) electrons. The highest BCUT2D eigenvalue weighted by Crippen LogP contribution is 2.59. The van der Waals surface area contributed by atoms with Crippen LogP contribution in [-0.4, -0.2) is 36.2 Å². The molecule has 0 heterocycles. The molecule has 2 unspecified atom stereocenters. The molecule has 0 bridgehead atoms. The number of allylic oxidation sites excluding steroid dienone is 2. The molecule has 0 aromatic rings. The van der Waals surface area contributed by atoms with Gasteiger partial charge in [-0.25, -0.2) is 0 Å². The highest BCUT2D eigenvalue weighted by atomic mass is 31.0. The number of aliphatic imine (C=N–C) groups is 1. The van der Waals surface area contributed by atoms with Crippen molar-refractivity contribution in [1.29, 1.82) is 0 Å². The maximum Gasteiger partial charge on any atom is 0.0997 e. The van der Waals surface area contributed by atoms with E-state index in [1.54, 1.807) is 7.05 Å². The highest BCUT2D eigenvalue weighted by molar-refractivity contribution is 7.10. The molecule has 26 heavy (non-hydrogen) atoms. The van der Waals surface area contributed by atoms with Gasteiger partial charge in [-0.15, -0.1) is 0 Å². The summed E-state index contributed by atoms with van der Waals surface area (Å²) < 4.78 is 11.1. The third-order valence-corrected chi connectivity index (χ3v) is 7.43. The normalized spacial score (nSPS) is 38.4. The zero-order valence-corrected chi connectivity index (χ0v) is 18.1. The molecule has 0 aromatic carbocycles. The first-order valence-electron chi connectivity index (χ1n) is 9.34. The van der Waals surface area contributed by atoms with Crippen LogP contribution in [0.15, 0.2) is 40.4 Å². The van der Waals surface area contributed by atoms with Gasteiger partial charge in [-0.05, 0) is 43.3 Å². The van der Waals surface area contributed by atoms with E-state index in [2.05, 4.69) is 49.6 Å². The van der Waals surface area contributed by atoms with Gasteiger partial charge in [-0.1, -0.05) is 31.2 Å². The smallest absolute Gasteiger partial charge is 0.0997 e. The first kappa shape index (κ1) is 20.4. The van der Waals surface area contributed by atoms with Crippen molar-refractivity contribution < 1.29 is 14.2 Å². The van der Waals surface area contributed by atoms with Gasteiger partial charge >= 0.3 is 0 Å². The van der Waals surface area contributed by atoms with Crippen LogP contribution >= 0.6 is 18.9 Å². The minimum atomic E-state index is -0.800. The van der Waals surface area contributed by atoms with Crippen molar-refractivity contribution in [2.75, 3.05) is 7.05 Å². The van der Waals surface area contributed by atoms with Crippen molar-refractivity contribution in [2.24, 2.45) is 16.3 Å². The fourth-order valence-electron chi connectivity index (χ4n) is 5.21. The maximum absolute atomic E-state index is 11.8. The summed E-state index contributed by atoms with van der Waals surface area (Å²) in [6, 6.07) is 0. The molecule has 0 aliphatic heterocycles. The zero-order chi connectivity index (χ0) is 18.9. The van der Waals surface area contributed by atoms with Gasteiger partial charge in [0, 0.05) is 49.9 Å². The van der Waals surface area contributed by atoms with Crippen LogP contribution in [0.4, 0.5) is 0 Å². The second-order valence-electron chi connectivity index (χ2n) is 8.11. The van der Waals surface area contributed by atoms with Gasteiger partial charge in [0.2, 0.25) is 0 Å². The summed E-state index contributed by atoms with van der Waals surface area (Å²) in [5.74, 6) is 0.218. The van der Waals surface area contributed by atoms with Crippen molar-refractivity contribution in [3.05, 3.63) is 35.5 Å². The minimum absolute atomic E-state index is 0.0136. The predicted octanol–water partition coefficient (Wildman–Crippen LogP) is 4.18. The average Bonchev–Trinajstić information content (AvgIpc) is 2.92. The van der Waals surface area contributed by atoms with Crippen molar-refractivity contribution in [1.82, 2.24) is 0 Å². The van der Waals surface area contributed by atoms with E-state index in [-0.39, 0.29) is 23.5 Å². The Balaban J connectivity index is 1.95. The van der Waals surface area contributed by atoms with Gasteiger partial charge in [-0.3, -0.25) is 4.99 Å². The van der Waals surface area contributed by atoms with E-state index in [9.17, 15) is 5.11 Å². The Bertz CT molecular complexity index is 659. The molecule has 1 saturated carbocycles. The molecule has 3 aliphatic carbocycles. The Labute approximate surface area is 161 Å². The van der Waals surface area contributed by atoms with E-state index in [1.165, 1.54) is 0 Å². The highest BCUT2D eigenvalue weighted by Gasteiger charge is 2.58. The molecule has 144 valence electrons. The Hall–Kier alpha value is -0.370. The Morgan fingerprint density at radius 2 is 2.23 bits per heavy atom. The molecule has 6 heteroatoms. The van der Waals surface area contributed by atoms with Crippen LogP contribution in [0.3, 0.4) is 0 Å². The minimum Gasteiger partial charge on any atom is -0.385 e. The summed E-state index contributed by atoms with van der Waals surface area (Å²) in [6.07, 6.45) is 11.4. The third kappa shape index (κ3) is 3.40. The Kier molecular flexibility index (Phi) is 6.22. The number of fused-ring (bicyclic) bond motifs is 3. The topological polar surface area (TPSA) is 51.0 Å². The average molecular weight is 395 g/mol. The van der Waals surface area contributed by atoms with Crippen LogP contribution in [0, 0.1) is 11.3 Å².